The number of hydrogen-bond acceptors (Lipinski definition) is 3. The molecule has 144 valence electrons. The number of hydrogen-bond donors (Lipinski definition) is 1. The fraction of sp³-hybridized carbons (Fsp3) is 0.579. The molecular formula is C19H30ClN5O. The number of carbonyl (C=O) groups excluding carboxylic acids is 1. The van der Waals surface area contributed by atoms with Crippen molar-refractivity contribution in [1.82, 2.24) is 15.1 Å². The molecule has 0 bridgehead atoms. The lowest BCUT2D eigenvalue weighted by molar-refractivity contribution is -0.127. The maximum Gasteiger partial charge on any atom is 0.243 e. The van der Waals surface area contributed by atoms with Gasteiger partial charge >= 0.3 is 0 Å². The average molecular weight is 380 g/mol. The summed E-state index contributed by atoms with van der Waals surface area (Å²) < 4.78 is 0. The number of benzene rings is 1. The molecule has 0 aromatic heterocycles. The van der Waals surface area contributed by atoms with Crippen LogP contribution >= 0.6 is 11.6 Å². The summed E-state index contributed by atoms with van der Waals surface area (Å²) in [6, 6.07) is 8.27. The van der Waals surface area contributed by atoms with Crippen molar-refractivity contribution < 1.29 is 4.79 Å². The SMILES string of the molecule is CCC(C)NC(=NCC(=O)N(C)C)N1CCN(c2cccc(Cl)c2)CC1. The van der Waals surface area contributed by atoms with Gasteiger partial charge in [-0.05, 0) is 31.5 Å². The van der Waals surface area contributed by atoms with Crippen molar-refractivity contribution in [2.24, 2.45) is 4.99 Å². The molecule has 1 N–H and O–H groups in total. The Labute approximate surface area is 161 Å². The summed E-state index contributed by atoms with van der Waals surface area (Å²) in [6.07, 6.45) is 1.00. The molecule has 1 amide bonds. The lowest BCUT2D eigenvalue weighted by atomic mass is 10.2. The highest BCUT2D eigenvalue weighted by Gasteiger charge is 2.21. The third-order valence-corrected chi connectivity index (χ3v) is 4.84. The molecule has 6 nitrogen and oxygen atoms in total. The summed E-state index contributed by atoms with van der Waals surface area (Å²) in [6.45, 7) is 7.92. The quantitative estimate of drug-likeness (QED) is 0.630. The van der Waals surface area contributed by atoms with Crippen LogP contribution in [0.3, 0.4) is 0 Å². The fourth-order valence-corrected chi connectivity index (χ4v) is 2.88. The Kier molecular flexibility index (Phi) is 7.57. The highest BCUT2D eigenvalue weighted by Crippen LogP contribution is 2.20. The second kappa shape index (κ2) is 9.67. The van der Waals surface area contributed by atoms with Gasteiger partial charge in [0.1, 0.15) is 6.54 Å². The highest BCUT2D eigenvalue weighted by molar-refractivity contribution is 6.30. The average Bonchev–Trinajstić information content (AvgIpc) is 2.64. The predicted octanol–water partition coefficient (Wildman–Crippen LogP) is 2.29. The number of nitrogens with zero attached hydrogens (tertiary/aromatic N) is 4. The van der Waals surface area contributed by atoms with Crippen molar-refractivity contribution >= 4 is 29.2 Å². The van der Waals surface area contributed by atoms with E-state index in [9.17, 15) is 4.79 Å². The monoisotopic (exact) mass is 379 g/mol. The zero-order valence-corrected chi connectivity index (χ0v) is 17.0. The van der Waals surface area contributed by atoms with E-state index in [4.69, 9.17) is 11.6 Å². The Bertz CT molecular complexity index is 626. The Morgan fingerprint density at radius 2 is 2.00 bits per heavy atom. The lowest BCUT2D eigenvalue weighted by Crippen LogP contribution is -2.54. The Balaban J connectivity index is 2.02. The molecule has 0 saturated carbocycles. The smallest absolute Gasteiger partial charge is 0.243 e. The van der Waals surface area contributed by atoms with E-state index >= 15 is 0 Å². The summed E-state index contributed by atoms with van der Waals surface area (Å²) in [5.41, 5.74) is 1.15. The minimum absolute atomic E-state index is 0.00557. The predicted molar refractivity (Wildman–Crippen MR) is 109 cm³/mol. The maximum atomic E-state index is 11.9. The zero-order chi connectivity index (χ0) is 19.1. The van der Waals surface area contributed by atoms with Crippen LogP contribution in [-0.4, -0.2) is 74.5 Å². The minimum Gasteiger partial charge on any atom is -0.368 e. The van der Waals surface area contributed by atoms with E-state index in [2.05, 4.69) is 40.0 Å². The summed E-state index contributed by atoms with van der Waals surface area (Å²) in [5, 5.41) is 4.22. The minimum atomic E-state index is 0.00557. The maximum absolute atomic E-state index is 11.9. The number of likely N-dealkylation sites (N-methyl/N-ethyl adjacent to an activating group) is 1. The van der Waals surface area contributed by atoms with Gasteiger partial charge in [0, 0.05) is 57.0 Å². The van der Waals surface area contributed by atoms with Crippen LogP contribution in [0, 0.1) is 0 Å². The lowest BCUT2D eigenvalue weighted by Gasteiger charge is -2.38. The van der Waals surface area contributed by atoms with E-state index in [-0.39, 0.29) is 12.5 Å². The van der Waals surface area contributed by atoms with Gasteiger partial charge in [-0.15, -0.1) is 0 Å². The van der Waals surface area contributed by atoms with E-state index < -0.39 is 0 Å². The number of halogens is 1. The zero-order valence-electron chi connectivity index (χ0n) is 16.2. The standard InChI is InChI=1S/C19H30ClN5O/c1-5-15(2)22-19(21-14-18(26)23(3)4)25-11-9-24(10-12-25)17-8-6-7-16(20)13-17/h6-8,13,15H,5,9-12,14H2,1-4H3,(H,21,22). The number of nitrogens with one attached hydrogen (secondary N) is 1. The summed E-state index contributed by atoms with van der Waals surface area (Å²) in [4.78, 5) is 22.6. The van der Waals surface area contributed by atoms with Crippen LogP contribution in [0.15, 0.2) is 29.3 Å². The van der Waals surface area contributed by atoms with E-state index in [1.54, 1.807) is 19.0 Å². The van der Waals surface area contributed by atoms with Gasteiger partial charge in [-0.3, -0.25) is 4.79 Å². The van der Waals surface area contributed by atoms with E-state index in [0.717, 1.165) is 49.3 Å². The molecule has 0 aliphatic carbocycles. The molecule has 0 radical (unpaired) electrons. The third-order valence-electron chi connectivity index (χ3n) is 4.60. The molecule has 1 heterocycles. The fourth-order valence-electron chi connectivity index (χ4n) is 2.69. The molecule has 1 fully saturated rings. The van der Waals surface area contributed by atoms with Crippen LogP contribution in [0.25, 0.3) is 0 Å². The molecule has 1 saturated heterocycles. The van der Waals surface area contributed by atoms with Gasteiger partial charge in [-0.2, -0.15) is 0 Å². The summed E-state index contributed by atoms with van der Waals surface area (Å²) in [7, 11) is 3.51. The second-order valence-corrected chi connectivity index (χ2v) is 7.27. The van der Waals surface area contributed by atoms with Crippen LogP contribution in [0.4, 0.5) is 5.69 Å². The van der Waals surface area contributed by atoms with E-state index in [0.29, 0.717) is 6.04 Å². The molecular weight excluding hydrogens is 350 g/mol. The molecule has 1 aromatic carbocycles. The Morgan fingerprint density at radius 1 is 1.31 bits per heavy atom. The first kappa shape index (κ1) is 20.4. The third kappa shape index (κ3) is 5.80. The molecule has 1 unspecified atom stereocenters. The van der Waals surface area contributed by atoms with Crippen LogP contribution in [0.1, 0.15) is 20.3 Å². The first-order valence-electron chi connectivity index (χ1n) is 9.17. The summed E-state index contributed by atoms with van der Waals surface area (Å²) in [5.74, 6) is 0.825. The molecule has 1 aliphatic heterocycles. The van der Waals surface area contributed by atoms with Crippen LogP contribution in [0.2, 0.25) is 5.02 Å². The van der Waals surface area contributed by atoms with Gasteiger partial charge in [-0.25, -0.2) is 4.99 Å². The Morgan fingerprint density at radius 3 is 2.58 bits per heavy atom. The van der Waals surface area contributed by atoms with Crippen molar-refractivity contribution in [2.45, 2.75) is 26.3 Å². The van der Waals surface area contributed by atoms with Crippen molar-refractivity contribution in [3.8, 4) is 0 Å². The normalized spacial score (nSPS) is 16.4. The number of guanidine groups is 1. The van der Waals surface area contributed by atoms with Crippen LogP contribution < -0.4 is 10.2 Å². The molecule has 1 atom stereocenters. The van der Waals surface area contributed by atoms with Gasteiger partial charge in [0.25, 0.3) is 0 Å². The first-order chi connectivity index (χ1) is 12.4. The molecule has 26 heavy (non-hydrogen) atoms. The molecule has 0 spiro atoms. The number of carbonyl (C=O) groups is 1. The van der Waals surface area contributed by atoms with E-state index in [1.165, 1.54) is 0 Å². The van der Waals surface area contributed by atoms with Crippen molar-refractivity contribution in [3.63, 3.8) is 0 Å². The van der Waals surface area contributed by atoms with Crippen molar-refractivity contribution in [2.75, 3.05) is 51.7 Å². The molecule has 1 aromatic rings. The van der Waals surface area contributed by atoms with E-state index in [1.807, 2.05) is 18.2 Å². The topological polar surface area (TPSA) is 51.2 Å². The Hall–Kier alpha value is -1.95. The molecule has 7 heteroatoms. The largest absolute Gasteiger partial charge is 0.368 e. The number of anilines is 1. The number of piperazine rings is 1. The van der Waals surface area contributed by atoms with Crippen LogP contribution in [-0.2, 0) is 4.79 Å². The van der Waals surface area contributed by atoms with Gasteiger partial charge in [0.15, 0.2) is 5.96 Å². The van der Waals surface area contributed by atoms with Gasteiger partial charge in [0.05, 0.1) is 0 Å². The highest BCUT2D eigenvalue weighted by atomic mass is 35.5. The first-order valence-corrected chi connectivity index (χ1v) is 9.55. The van der Waals surface area contributed by atoms with Crippen LogP contribution in [0.5, 0.6) is 0 Å². The van der Waals surface area contributed by atoms with Crippen molar-refractivity contribution in [3.05, 3.63) is 29.3 Å². The van der Waals surface area contributed by atoms with Gasteiger partial charge in [-0.1, -0.05) is 24.6 Å². The van der Waals surface area contributed by atoms with Gasteiger partial charge in [0.2, 0.25) is 5.91 Å². The molecule has 2 rings (SSSR count). The van der Waals surface area contributed by atoms with Crippen molar-refractivity contribution in [1.29, 1.82) is 0 Å². The number of aliphatic imine (C=N–C) groups is 1. The number of rotatable bonds is 5. The summed E-state index contributed by atoms with van der Waals surface area (Å²) >= 11 is 6.11. The molecule has 1 aliphatic rings. The van der Waals surface area contributed by atoms with Gasteiger partial charge < -0.3 is 20.0 Å². The number of amides is 1. The second-order valence-electron chi connectivity index (χ2n) is 6.84.